The van der Waals surface area contributed by atoms with Gasteiger partial charge in [-0.25, -0.2) is 0 Å². The lowest BCUT2D eigenvalue weighted by molar-refractivity contribution is 0.149. The number of fused-ring (bicyclic) bond motifs is 2. The summed E-state index contributed by atoms with van der Waals surface area (Å²) in [5.74, 6) is 1.70. The zero-order valence-corrected chi connectivity index (χ0v) is 20.3. The Morgan fingerprint density at radius 1 is 0.941 bits per heavy atom. The van der Waals surface area contributed by atoms with Gasteiger partial charge >= 0.3 is 0 Å². The highest BCUT2D eigenvalue weighted by atomic mass is 35.5. The fourth-order valence-corrected chi connectivity index (χ4v) is 5.49. The van der Waals surface area contributed by atoms with Crippen LogP contribution in [0.3, 0.4) is 0 Å². The first-order chi connectivity index (χ1) is 16.5. The van der Waals surface area contributed by atoms with Crippen LogP contribution < -0.4 is 9.47 Å². The van der Waals surface area contributed by atoms with Crippen molar-refractivity contribution in [2.75, 3.05) is 33.0 Å². The number of aliphatic imine (C=N–C) groups is 1. The van der Waals surface area contributed by atoms with Crippen LogP contribution >= 0.6 is 11.6 Å². The molecule has 34 heavy (non-hydrogen) atoms. The van der Waals surface area contributed by atoms with Crippen molar-refractivity contribution in [1.82, 2.24) is 9.80 Å². The Bertz CT molecular complexity index is 1250. The van der Waals surface area contributed by atoms with Gasteiger partial charge in [-0.1, -0.05) is 35.9 Å². The van der Waals surface area contributed by atoms with E-state index in [2.05, 4.69) is 60.1 Å². The zero-order valence-electron chi connectivity index (χ0n) is 19.6. The molecule has 174 valence electrons. The molecule has 2 aromatic carbocycles. The van der Waals surface area contributed by atoms with Crippen LogP contribution in [0.25, 0.3) is 5.57 Å². The Labute approximate surface area is 205 Å². The highest BCUT2D eigenvalue weighted by Crippen LogP contribution is 2.39. The highest BCUT2D eigenvalue weighted by Gasteiger charge is 2.34. The monoisotopic (exact) mass is 473 g/mol. The van der Waals surface area contributed by atoms with Crippen molar-refractivity contribution in [3.63, 3.8) is 0 Å². The Morgan fingerprint density at radius 3 is 2.50 bits per heavy atom. The normalized spacial score (nSPS) is 21.9. The number of hydrogen-bond donors (Lipinski definition) is 0. The number of allylic oxidation sites excluding steroid dienone is 3. The van der Waals surface area contributed by atoms with Gasteiger partial charge in [0.15, 0.2) is 11.5 Å². The van der Waals surface area contributed by atoms with E-state index in [-0.39, 0.29) is 6.04 Å². The molecule has 1 aliphatic carbocycles. The van der Waals surface area contributed by atoms with Crippen LogP contribution in [0.15, 0.2) is 76.5 Å². The summed E-state index contributed by atoms with van der Waals surface area (Å²) in [6.07, 6.45) is 4.62. The fourth-order valence-electron chi connectivity index (χ4n) is 5.37. The summed E-state index contributed by atoms with van der Waals surface area (Å²) < 4.78 is 11.0. The molecule has 6 heteroatoms. The molecule has 6 rings (SSSR count). The van der Waals surface area contributed by atoms with Gasteiger partial charge in [0.2, 0.25) is 6.79 Å². The minimum atomic E-state index is 0.0785. The topological polar surface area (TPSA) is 37.3 Å². The lowest BCUT2D eigenvalue weighted by Crippen LogP contribution is -2.47. The van der Waals surface area contributed by atoms with Gasteiger partial charge in [-0.05, 0) is 66.5 Å². The smallest absolute Gasteiger partial charge is 0.231 e. The van der Waals surface area contributed by atoms with Gasteiger partial charge in [-0.2, -0.15) is 0 Å². The Balaban J connectivity index is 1.18. The summed E-state index contributed by atoms with van der Waals surface area (Å²) in [7, 11) is 0. The van der Waals surface area contributed by atoms with Gasteiger partial charge in [0.1, 0.15) is 6.04 Å². The standard InChI is InChI=1S/C28H28ClN3O2/c1-18-13-23-27(21-4-6-22(29)7-5-21)19(2)30-28(23)24(14-18)32-11-9-31(10-12-32)16-20-3-8-25-26(15-20)34-17-33-25/h3-8,13-15,28H,9-12,16-17H2,1-2H3. The van der Waals surface area contributed by atoms with Gasteiger partial charge < -0.3 is 14.4 Å². The van der Waals surface area contributed by atoms with E-state index in [0.717, 1.165) is 55.0 Å². The molecule has 0 bridgehead atoms. The van der Waals surface area contributed by atoms with Crippen molar-refractivity contribution < 1.29 is 9.47 Å². The molecule has 0 spiro atoms. The molecule has 2 aromatic rings. The lowest BCUT2D eigenvalue weighted by Gasteiger charge is -2.39. The van der Waals surface area contributed by atoms with Crippen LogP contribution in [-0.2, 0) is 6.54 Å². The third-order valence-corrected chi connectivity index (χ3v) is 7.27. The molecule has 4 aliphatic rings. The van der Waals surface area contributed by atoms with Crippen LogP contribution in [0, 0.1) is 0 Å². The van der Waals surface area contributed by atoms with Crippen molar-refractivity contribution in [2.45, 2.75) is 26.4 Å². The predicted molar refractivity (Wildman–Crippen MR) is 137 cm³/mol. The third kappa shape index (κ3) is 3.93. The van der Waals surface area contributed by atoms with Crippen LogP contribution in [0.4, 0.5) is 0 Å². The molecule has 0 N–H and O–H groups in total. The molecule has 0 saturated carbocycles. The molecule has 1 saturated heterocycles. The number of piperazine rings is 1. The molecule has 1 atom stereocenters. The maximum atomic E-state index is 6.14. The average molecular weight is 474 g/mol. The molecule has 1 unspecified atom stereocenters. The summed E-state index contributed by atoms with van der Waals surface area (Å²) >= 11 is 6.14. The summed E-state index contributed by atoms with van der Waals surface area (Å²) in [4.78, 5) is 10.2. The number of hydrogen-bond acceptors (Lipinski definition) is 5. The molecule has 5 nitrogen and oxygen atoms in total. The minimum absolute atomic E-state index is 0.0785. The van der Waals surface area contributed by atoms with Crippen LogP contribution in [0.1, 0.15) is 25.0 Å². The Hall–Kier alpha value is -3.02. The SMILES string of the molecule is CC1=CC2=C(c3ccc(Cl)cc3)C(C)=NC2C(N2CCN(Cc3ccc4c(c3)OCO4)CC2)=C1. The largest absolute Gasteiger partial charge is 0.454 e. The first kappa shape index (κ1) is 21.5. The second kappa shape index (κ2) is 8.64. The zero-order chi connectivity index (χ0) is 23.2. The second-order valence-electron chi connectivity index (χ2n) is 9.36. The van der Waals surface area contributed by atoms with Gasteiger partial charge in [0, 0.05) is 54.7 Å². The lowest BCUT2D eigenvalue weighted by atomic mass is 9.89. The highest BCUT2D eigenvalue weighted by molar-refractivity contribution is 6.31. The minimum Gasteiger partial charge on any atom is -0.454 e. The number of ether oxygens (including phenoxy) is 2. The van der Waals surface area contributed by atoms with Crippen molar-refractivity contribution in [2.24, 2.45) is 4.99 Å². The Morgan fingerprint density at radius 2 is 1.71 bits per heavy atom. The van der Waals surface area contributed by atoms with E-state index >= 15 is 0 Å². The van der Waals surface area contributed by atoms with Gasteiger partial charge in [0.25, 0.3) is 0 Å². The fraction of sp³-hybridized carbons (Fsp3) is 0.321. The Kier molecular flexibility index (Phi) is 5.47. The van der Waals surface area contributed by atoms with E-state index in [1.807, 2.05) is 18.2 Å². The summed E-state index contributed by atoms with van der Waals surface area (Å²) in [6.45, 7) is 9.59. The molecule has 0 radical (unpaired) electrons. The average Bonchev–Trinajstić information content (AvgIpc) is 3.43. The van der Waals surface area contributed by atoms with Gasteiger partial charge in [-0.15, -0.1) is 0 Å². The van der Waals surface area contributed by atoms with Crippen molar-refractivity contribution in [1.29, 1.82) is 0 Å². The number of nitrogens with zero attached hydrogens (tertiary/aromatic N) is 3. The molecule has 3 heterocycles. The van der Waals surface area contributed by atoms with Gasteiger partial charge in [-0.3, -0.25) is 9.89 Å². The summed E-state index contributed by atoms with van der Waals surface area (Å²) in [6, 6.07) is 14.5. The van der Waals surface area contributed by atoms with Crippen LogP contribution in [0.2, 0.25) is 5.02 Å². The molecule has 0 amide bonds. The van der Waals surface area contributed by atoms with E-state index in [4.69, 9.17) is 26.1 Å². The molecule has 3 aliphatic heterocycles. The van der Waals surface area contributed by atoms with Crippen LogP contribution in [0.5, 0.6) is 11.5 Å². The molecular formula is C28H28ClN3O2. The van der Waals surface area contributed by atoms with E-state index in [0.29, 0.717) is 6.79 Å². The maximum Gasteiger partial charge on any atom is 0.231 e. The molecule has 0 aromatic heterocycles. The molecular weight excluding hydrogens is 446 g/mol. The van der Waals surface area contributed by atoms with Gasteiger partial charge in [0.05, 0.1) is 0 Å². The first-order valence-corrected chi connectivity index (χ1v) is 12.2. The van der Waals surface area contributed by atoms with E-state index < -0.39 is 0 Å². The maximum absolute atomic E-state index is 6.14. The summed E-state index contributed by atoms with van der Waals surface area (Å²) in [5, 5.41) is 0.757. The van der Waals surface area contributed by atoms with E-state index in [1.54, 1.807) is 0 Å². The predicted octanol–water partition coefficient (Wildman–Crippen LogP) is 5.33. The number of benzene rings is 2. The van der Waals surface area contributed by atoms with Crippen LogP contribution in [-0.4, -0.2) is 54.5 Å². The quantitative estimate of drug-likeness (QED) is 0.601. The first-order valence-electron chi connectivity index (χ1n) is 11.9. The molecule has 1 fully saturated rings. The summed E-state index contributed by atoms with van der Waals surface area (Å²) in [5.41, 5.74) is 8.69. The van der Waals surface area contributed by atoms with Crippen molar-refractivity contribution in [3.8, 4) is 11.5 Å². The van der Waals surface area contributed by atoms with Crippen molar-refractivity contribution >= 4 is 22.9 Å². The third-order valence-electron chi connectivity index (χ3n) is 7.02. The van der Waals surface area contributed by atoms with E-state index in [1.165, 1.54) is 33.5 Å². The van der Waals surface area contributed by atoms with Crippen molar-refractivity contribution in [3.05, 3.63) is 87.6 Å². The van der Waals surface area contributed by atoms with E-state index in [9.17, 15) is 0 Å². The number of rotatable bonds is 4. The second-order valence-corrected chi connectivity index (χ2v) is 9.80. The number of halogens is 1.